The molecule has 0 aromatic heterocycles. The molecule has 4 rings (SSSR count). The molecule has 1 aliphatic heterocycles. The average Bonchev–Trinajstić information content (AvgIpc) is 3.07. The van der Waals surface area contributed by atoms with E-state index in [4.69, 9.17) is 11.6 Å². The van der Waals surface area contributed by atoms with Gasteiger partial charge in [0, 0.05) is 46.0 Å². The molecule has 0 spiro atoms. The molecule has 1 saturated heterocycles. The van der Waals surface area contributed by atoms with Gasteiger partial charge in [-0.2, -0.15) is 0 Å². The Hall–Kier alpha value is -2.84. The summed E-state index contributed by atoms with van der Waals surface area (Å²) in [6, 6.07) is 11.1. The van der Waals surface area contributed by atoms with Gasteiger partial charge in [-0.05, 0) is 80.5 Å². The molecule has 7 nitrogen and oxygen atoms in total. The zero-order valence-corrected chi connectivity index (χ0v) is 23.9. The van der Waals surface area contributed by atoms with Crippen LogP contribution in [-0.4, -0.2) is 35.9 Å². The fraction of sp³-hybridized carbons (Fsp3) is 0.467. The van der Waals surface area contributed by atoms with E-state index in [2.05, 4.69) is 22.0 Å². The summed E-state index contributed by atoms with van der Waals surface area (Å²) in [7, 11) is 0. The predicted octanol–water partition coefficient (Wildman–Crippen LogP) is 6.31. The highest BCUT2D eigenvalue weighted by Gasteiger charge is 2.39. The van der Waals surface area contributed by atoms with Crippen LogP contribution in [0.15, 0.2) is 41.3 Å². The highest BCUT2D eigenvalue weighted by Crippen LogP contribution is 2.37. The molecule has 0 radical (unpaired) electrons. The van der Waals surface area contributed by atoms with Gasteiger partial charge in [-0.15, -0.1) is 11.8 Å². The van der Waals surface area contributed by atoms with E-state index in [0.717, 1.165) is 65.9 Å². The number of anilines is 1. The summed E-state index contributed by atoms with van der Waals surface area (Å²) < 4.78 is 0. The van der Waals surface area contributed by atoms with Gasteiger partial charge < -0.3 is 10.6 Å². The lowest BCUT2D eigenvalue weighted by atomic mass is 9.79. The number of nitrogens with one attached hydrogen (secondary N) is 3. The quantitative estimate of drug-likeness (QED) is 0.135. The minimum Gasteiger partial charge on any atom is -0.338 e. The van der Waals surface area contributed by atoms with Crippen LogP contribution in [0.2, 0.25) is 5.02 Å². The fourth-order valence-corrected chi connectivity index (χ4v) is 6.62. The lowest BCUT2D eigenvalue weighted by Gasteiger charge is -2.27. The molecule has 39 heavy (non-hydrogen) atoms. The molecule has 0 bridgehead atoms. The topological polar surface area (TPSA) is 104 Å². The third-order valence-electron chi connectivity index (χ3n) is 7.49. The molecule has 1 aliphatic carbocycles. The number of imide groups is 1. The second kappa shape index (κ2) is 14.0. The van der Waals surface area contributed by atoms with Crippen molar-refractivity contribution in [2.45, 2.75) is 69.6 Å². The van der Waals surface area contributed by atoms with Crippen molar-refractivity contribution in [3.63, 3.8) is 0 Å². The molecule has 1 fully saturated rings. The lowest BCUT2D eigenvalue weighted by Crippen LogP contribution is -2.45. The SMILES string of the molecule is Cc1ccc(NC(=O)NCCCCCCSc2cccc3c2CCCC(C2CCC(=O)NC2=O)C3=O)cc1Cl. The maximum Gasteiger partial charge on any atom is 0.319 e. The van der Waals surface area contributed by atoms with Crippen LogP contribution in [0.3, 0.4) is 0 Å². The maximum absolute atomic E-state index is 13.5. The summed E-state index contributed by atoms with van der Waals surface area (Å²) in [5.74, 6) is -0.318. The van der Waals surface area contributed by atoms with Crippen molar-refractivity contribution in [1.29, 1.82) is 0 Å². The van der Waals surface area contributed by atoms with Crippen LogP contribution < -0.4 is 16.0 Å². The van der Waals surface area contributed by atoms with Gasteiger partial charge >= 0.3 is 6.03 Å². The number of thioether (sulfide) groups is 1. The highest BCUT2D eigenvalue weighted by molar-refractivity contribution is 7.99. The van der Waals surface area contributed by atoms with Crippen molar-refractivity contribution in [2.75, 3.05) is 17.6 Å². The Bertz CT molecular complexity index is 1230. The van der Waals surface area contributed by atoms with E-state index in [1.54, 1.807) is 17.8 Å². The van der Waals surface area contributed by atoms with Crippen LogP contribution in [0.1, 0.15) is 72.9 Å². The number of ketones is 1. The number of hydrogen-bond donors (Lipinski definition) is 3. The van der Waals surface area contributed by atoms with Gasteiger partial charge in [0.05, 0.1) is 0 Å². The molecule has 0 saturated carbocycles. The first kappa shape index (κ1) is 29.2. The first-order valence-corrected chi connectivity index (χ1v) is 15.1. The number of piperidine rings is 1. The number of rotatable bonds is 10. The van der Waals surface area contributed by atoms with Crippen LogP contribution in [0.5, 0.6) is 0 Å². The molecular weight excluding hydrogens is 534 g/mol. The van der Waals surface area contributed by atoms with Gasteiger partial charge in [0.2, 0.25) is 11.8 Å². The third kappa shape index (κ3) is 7.85. The summed E-state index contributed by atoms with van der Waals surface area (Å²) in [5, 5.41) is 8.73. The van der Waals surface area contributed by atoms with Gasteiger partial charge in [-0.1, -0.05) is 42.6 Å². The molecule has 2 aliphatic rings. The average molecular weight is 570 g/mol. The Morgan fingerprint density at radius 3 is 2.64 bits per heavy atom. The number of carbonyl (C=O) groups excluding carboxylic acids is 4. The van der Waals surface area contributed by atoms with Crippen LogP contribution in [-0.2, 0) is 16.0 Å². The van der Waals surface area contributed by atoms with Crippen molar-refractivity contribution in [2.24, 2.45) is 11.8 Å². The Morgan fingerprint density at radius 2 is 1.85 bits per heavy atom. The number of unbranched alkanes of at least 4 members (excludes halogenated alkanes) is 3. The van der Waals surface area contributed by atoms with Gasteiger partial charge in [-0.25, -0.2) is 4.79 Å². The fourth-order valence-electron chi connectivity index (χ4n) is 5.31. The van der Waals surface area contributed by atoms with E-state index in [1.807, 2.05) is 31.2 Å². The summed E-state index contributed by atoms with van der Waals surface area (Å²) in [6.07, 6.45) is 7.16. The largest absolute Gasteiger partial charge is 0.338 e. The highest BCUT2D eigenvalue weighted by atomic mass is 35.5. The number of hydrogen-bond acceptors (Lipinski definition) is 5. The number of Topliss-reactive ketones (excluding diaryl/α,β-unsaturated/α-hetero) is 1. The van der Waals surface area contributed by atoms with Crippen molar-refractivity contribution in [3.8, 4) is 0 Å². The number of urea groups is 1. The molecule has 208 valence electrons. The van der Waals surface area contributed by atoms with E-state index in [9.17, 15) is 19.2 Å². The minimum absolute atomic E-state index is 0.0430. The van der Waals surface area contributed by atoms with E-state index < -0.39 is 5.92 Å². The number of amides is 4. The summed E-state index contributed by atoms with van der Waals surface area (Å²) >= 11 is 7.89. The number of fused-ring (bicyclic) bond motifs is 1. The van der Waals surface area contributed by atoms with Gasteiger partial charge in [0.1, 0.15) is 0 Å². The van der Waals surface area contributed by atoms with Gasteiger partial charge in [0.15, 0.2) is 5.78 Å². The molecule has 2 atom stereocenters. The molecule has 9 heteroatoms. The first-order valence-electron chi connectivity index (χ1n) is 13.8. The Morgan fingerprint density at radius 1 is 1.03 bits per heavy atom. The molecule has 3 N–H and O–H groups in total. The van der Waals surface area contributed by atoms with Crippen molar-refractivity contribution in [3.05, 3.63) is 58.1 Å². The van der Waals surface area contributed by atoms with E-state index >= 15 is 0 Å². The zero-order chi connectivity index (χ0) is 27.8. The third-order valence-corrected chi connectivity index (χ3v) is 9.08. The Balaban J connectivity index is 1.18. The predicted molar refractivity (Wildman–Crippen MR) is 155 cm³/mol. The molecular formula is C30H36ClN3O4S. The zero-order valence-electron chi connectivity index (χ0n) is 22.3. The van der Waals surface area contributed by atoms with Crippen LogP contribution in [0, 0.1) is 18.8 Å². The molecule has 1 heterocycles. The van der Waals surface area contributed by atoms with Crippen LogP contribution in [0.25, 0.3) is 0 Å². The van der Waals surface area contributed by atoms with Crippen molar-refractivity contribution < 1.29 is 19.2 Å². The van der Waals surface area contributed by atoms with E-state index in [1.165, 1.54) is 0 Å². The first-order chi connectivity index (χ1) is 18.8. The van der Waals surface area contributed by atoms with Gasteiger partial charge in [-0.3, -0.25) is 19.7 Å². The summed E-state index contributed by atoms with van der Waals surface area (Å²) in [4.78, 5) is 50.7. The second-order valence-electron chi connectivity index (χ2n) is 10.3. The Labute approximate surface area is 239 Å². The standard InChI is InChI=1S/C30H36ClN3O4S/c1-19-12-13-20(18-25(19)31)33-30(38)32-16-4-2-3-5-17-39-26-11-7-10-22-21(26)8-6-9-23(28(22)36)24-14-15-27(35)34-29(24)37/h7,10-13,18,23-24H,2-6,8-9,14-17H2,1H3,(H2,32,33,38)(H,34,35,37). The maximum atomic E-state index is 13.5. The van der Waals surface area contributed by atoms with Crippen LogP contribution >= 0.6 is 23.4 Å². The Kier molecular flexibility index (Phi) is 10.5. The normalized spacial score (nSPS) is 19.2. The lowest BCUT2D eigenvalue weighted by molar-refractivity contribution is -0.137. The second-order valence-corrected chi connectivity index (χ2v) is 11.9. The molecule has 2 unspecified atom stereocenters. The molecule has 2 aromatic rings. The van der Waals surface area contributed by atoms with Gasteiger partial charge in [0.25, 0.3) is 0 Å². The summed E-state index contributed by atoms with van der Waals surface area (Å²) in [6.45, 7) is 2.53. The number of carbonyl (C=O) groups is 4. The van der Waals surface area contributed by atoms with Crippen LogP contribution in [0.4, 0.5) is 10.5 Å². The van der Waals surface area contributed by atoms with E-state index in [0.29, 0.717) is 36.5 Å². The molecule has 4 amide bonds. The molecule has 2 aromatic carbocycles. The number of aryl methyl sites for hydroxylation is 1. The number of halogens is 1. The minimum atomic E-state index is -0.417. The van der Waals surface area contributed by atoms with Crippen molar-refractivity contribution >= 4 is 52.7 Å². The van der Waals surface area contributed by atoms with E-state index in [-0.39, 0.29) is 29.5 Å². The smallest absolute Gasteiger partial charge is 0.319 e. The van der Waals surface area contributed by atoms with Crippen molar-refractivity contribution in [1.82, 2.24) is 10.6 Å². The summed E-state index contributed by atoms with van der Waals surface area (Å²) in [5.41, 5.74) is 3.49. The number of benzene rings is 2. The monoisotopic (exact) mass is 569 g/mol.